The van der Waals surface area contributed by atoms with Crippen LogP contribution in [0, 0.1) is 0 Å². The average molecular weight is 267 g/mol. The van der Waals surface area contributed by atoms with Crippen molar-refractivity contribution < 1.29 is 17.9 Å². The minimum atomic E-state index is -3.30. The summed E-state index contributed by atoms with van der Waals surface area (Å²) in [6.45, 7) is 7.80. The number of hydrogen-bond donors (Lipinski definition) is 1. The number of nitrogens with two attached hydrogens (primary N) is 1. The van der Waals surface area contributed by atoms with Gasteiger partial charge in [0.1, 0.15) is 0 Å². The van der Waals surface area contributed by atoms with E-state index < -0.39 is 10.0 Å². The Kier molecular flexibility index (Phi) is 7.94. The predicted octanol–water partition coefficient (Wildman–Crippen LogP) is 1.28. The van der Waals surface area contributed by atoms with Gasteiger partial charge in [0.15, 0.2) is 0 Å². The molecule has 0 bridgehead atoms. The van der Waals surface area contributed by atoms with E-state index in [1.807, 2.05) is 20.8 Å². The van der Waals surface area contributed by atoms with Gasteiger partial charge in [-0.05, 0) is 33.6 Å². The minimum Gasteiger partial charge on any atom is -0.379 e. The third kappa shape index (κ3) is 15.8. The first-order chi connectivity index (χ1) is 7.71. The molecule has 5 nitrogen and oxygen atoms in total. The first kappa shape index (κ1) is 16.8. The Balaban J connectivity index is 3.20. The lowest BCUT2D eigenvalue weighted by Crippen LogP contribution is -2.21. The van der Waals surface area contributed by atoms with Crippen LogP contribution in [0.25, 0.3) is 0 Å². The first-order valence-corrected chi connectivity index (χ1v) is 7.64. The van der Waals surface area contributed by atoms with Gasteiger partial charge in [0.05, 0.1) is 24.6 Å². The average Bonchev–Trinajstić information content (AvgIpc) is 2.11. The molecule has 0 saturated carbocycles. The number of unbranched alkanes of at least 4 members (excludes halogenated alkanes) is 2. The van der Waals surface area contributed by atoms with E-state index in [2.05, 4.69) is 0 Å². The molecule has 0 aromatic carbocycles. The third-order valence-electron chi connectivity index (χ3n) is 1.98. The summed E-state index contributed by atoms with van der Waals surface area (Å²) in [6, 6.07) is 0. The molecule has 0 amide bonds. The van der Waals surface area contributed by atoms with Crippen LogP contribution in [0.4, 0.5) is 0 Å². The molecular formula is C11H25NO4S. The summed E-state index contributed by atoms with van der Waals surface area (Å²) in [4.78, 5) is 0. The van der Waals surface area contributed by atoms with Crippen molar-refractivity contribution in [2.75, 3.05) is 25.6 Å². The highest BCUT2D eigenvalue weighted by atomic mass is 32.2. The van der Waals surface area contributed by atoms with Gasteiger partial charge in [-0.15, -0.1) is 0 Å². The van der Waals surface area contributed by atoms with Crippen molar-refractivity contribution >= 4 is 10.0 Å². The first-order valence-electron chi connectivity index (χ1n) is 5.93. The lowest BCUT2D eigenvalue weighted by molar-refractivity contribution is -0.0351. The van der Waals surface area contributed by atoms with Gasteiger partial charge in [0, 0.05) is 6.61 Å². The summed E-state index contributed by atoms with van der Waals surface area (Å²) in [5.41, 5.74) is -0.126. The lowest BCUT2D eigenvalue weighted by Gasteiger charge is -2.19. The minimum absolute atomic E-state index is 0.0557. The molecule has 0 aromatic rings. The van der Waals surface area contributed by atoms with Crippen molar-refractivity contribution in [3.05, 3.63) is 0 Å². The molecule has 0 aliphatic heterocycles. The van der Waals surface area contributed by atoms with Gasteiger partial charge in [-0.3, -0.25) is 0 Å². The van der Waals surface area contributed by atoms with Crippen LogP contribution >= 0.6 is 0 Å². The highest BCUT2D eigenvalue weighted by Gasteiger charge is 2.08. The number of ether oxygens (including phenoxy) is 2. The Morgan fingerprint density at radius 1 is 1.00 bits per heavy atom. The molecule has 0 heterocycles. The van der Waals surface area contributed by atoms with E-state index in [0.717, 1.165) is 12.8 Å². The molecule has 104 valence electrons. The molecule has 0 aliphatic carbocycles. The number of hydrogen-bond acceptors (Lipinski definition) is 4. The molecule has 0 radical (unpaired) electrons. The lowest BCUT2D eigenvalue weighted by atomic mass is 10.2. The highest BCUT2D eigenvalue weighted by Crippen LogP contribution is 2.05. The zero-order chi connectivity index (χ0) is 13.4. The Bertz CT molecular complexity index is 282. The van der Waals surface area contributed by atoms with Gasteiger partial charge in [0.25, 0.3) is 0 Å². The third-order valence-corrected chi connectivity index (χ3v) is 2.84. The second kappa shape index (κ2) is 8.02. The largest absolute Gasteiger partial charge is 0.379 e. The summed E-state index contributed by atoms with van der Waals surface area (Å²) in [6.07, 6.45) is 2.27. The Morgan fingerprint density at radius 2 is 1.65 bits per heavy atom. The molecule has 0 aromatic heterocycles. The predicted molar refractivity (Wildman–Crippen MR) is 68.3 cm³/mol. The standard InChI is InChI=1S/C11H25NO4S/c1-11(2,3)16-9-8-15-7-5-4-6-10-17(12,13)14/h4-10H2,1-3H3,(H2,12,13,14). The highest BCUT2D eigenvalue weighted by molar-refractivity contribution is 7.89. The zero-order valence-electron chi connectivity index (χ0n) is 11.1. The van der Waals surface area contributed by atoms with Crippen LogP contribution in [0.15, 0.2) is 0 Å². The van der Waals surface area contributed by atoms with E-state index >= 15 is 0 Å². The summed E-state index contributed by atoms with van der Waals surface area (Å²) >= 11 is 0. The molecule has 0 spiro atoms. The summed E-state index contributed by atoms with van der Waals surface area (Å²) in [5, 5.41) is 4.88. The van der Waals surface area contributed by atoms with Gasteiger partial charge >= 0.3 is 0 Å². The van der Waals surface area contributed by atoms with Crippen molar-refractivity contribution in [1.82, 2.24) is 0 Å². The molecule has 0 saturated heterocycles. The van der Waals surface area contributed by atoms with Crippen LogP contribution in [-0.2, 0) is 19.5 Å². The van der Waals surface area contributed by atoms with Crippen LogP contribution < -0.4 is 5.14 Å². The molecule has 0 rings (SSSR count). The summed E-state index contributed by atoms with van der Waals surface area (Å²) < 4.78 is 32.1. The SMILES string of the molecule is CC(C)(C)OCCOCCCCCS(N)(=O)=O. The van der Waals surface area contributed by atoms with Gasteiger partial charge in [-0.25, -0.2) is 13.6 Å². The maximum absolute atomic E-state index is 10.6. The molecule has 0 fully saturated rings. The Morgan fingerprint density at radius 3 is 2.18 bits per heavy atom. The molecule has 0 aliphatic rings. The second-order valence-electron chi connectivity index (χ2n) is 5.00. The summed E-state index contributed by atoms with van der Waals surface area (Å²) in [7, 11) is -3.30. The van der Waals surface area contributed by atoms with E-state index in [0.29, 0.717) is 26.2 Å². The maximum atomic E-state index is 10.6. The van der Waals surface area contributed by atoms with Crippen LogP contribution in [0.2, 0.25) is 0 Å². The molecule has 17 heavy (non-hydrogen) atoms. The Labute approximate surface area is 105 Å². The van der Waals surface area contributed by atoms with Crippen LogP contribution in [0.5, 0.6) is 0 Å². The fourth-order valence-corrected chi connectivity index (χ4v) is 1.80. The van der Waals surface area contributed by atoms with E-state index in [4.69, 9.17) is 14.6 Å². The van der Waals surface area contributed by atoms with Crippen molar-refractivity contribution in [2.45, 2.75) is 45.6 Å². The number of sulfonamides is 1. The summed E-state index contributed by atoms with van der Waals surface area (Å²) in [5.74, 6) is 0.0557. The number of primary sulfonamides is 1. The van der Waals surface area contributed by atoms with Gasteiger partial charge in [0.2, 0.25) is 10.0 Å². The Hall–Kier alpha value is -0.170. The maximum Gasteiger partial charge on any atom is 0.209 e. The molecule has 0 unspecified atom stereocenters. The van der Waals surface area contributed by atoms with Gasteiger partial charge in [-0.2, -0.15) is 0 Å². The normalized spacial score (nSPS) is 12.9. The van der Waals surface area contributed by atoms with E-state index in [-0.39, 0.29) is 11.4 Å². The number of rotatable bonds is 9. The quantitative estimate of drug-likeness (QED) is 0.638. The van der Waals surface area contributed by atoms with Crippen LogP contribution in [0.1, 0.15) is 40.0 Å². The van der Waals surface area contributed by atoms with Crippen molar-refractivity contribution in [3.8, 4) is 0 Å². The van der Waals surface area contributed by atoms with Crippen LogP contribution in [-0.4, -0.2) is 39.6 Å². The smallest absolute Gasteiger partial charge is 0.209 e. The molecule has 0 atom stereocenters. The van der Waals surface area contributed by atoms with E-state index in [1.54, 1.807) is 0 Å². The van der Waals surface area contributed by atoms with Crippen LogP contribution in [0.3, 0.4) is 0 Å². The fourth-order valence-electron chi connectivity index (χ4n) is 1.19. The molecule has 6 heteroatoms. The topological polar surface area (TPSA) is 78.6 Å². The monoisotopic (exact) mass is 267 g/mol. The molecular weight excluding hydrogens is 242 g/mol. The zero-order valence-corrected chi connectivity index (χ0v) is 11.9. The van der Waals surface area contributed by atoms with Crippen molar-refractivity contribution in [3.63, 3.8) is 0 Å². The van der Waals surface area contributed by atoms with E-state index in [1.165, 1.54) is 0 Å². The second-order valence-corrected chi connectivity index (χ2v) is 6.73. The van der Waals surface area contributed by atoms with E-state index in [9.17, 15) is 8.42 Å². The van der Waals surface area contributed by atoms with Crippen molar-refractivity contribution in [2.24, 2.45) is 5.14 Å². The fraction of sp³-hybridized carbons (Fsp3) is 1.00. The molecule has 2 N–H and O–H groups in total. The van der Waals surface area contributed by atoms with Crippen molar-refractivity contribution in [1.29, 1.82) is 0 Å². The van der Waals surface area contributed by atoms with Gasteiger partial charge < -0.3 is 9.47 Å². The van der Waals surface area contributed by atoms with Gasteiger partial charge in [-0.1, -0.05) is 6.42 Å².